The Hall–Kier alpha value is -0.820. The van der Waals surface area contributed by atoms with E-state index in [0.29, 0.717) is 11.3 Å². The van der Waals surface area contributed by atoms with E-state index < -0.39 is 0 Å². The number of hydrogen-bond donors (Lipinski definition) is 1. The molecule has 0 amide bonds. The van der Waals surface area contributed by atoms with Gasteiger partial charge in [-0.3, -0.25) is 0 Å². The second-order valence-corrected chi connectivity index (χ2v) is 7.41. The first-order valence-corrected chi connectivity index (χ1v) is 8.46. The summed E-state index contributed by atoms with van der Waals surface area (Å²) in [5.74, 6) is 0.686. The van der Waals surface area contributed by atoms with E-state index in [1.807, 2.05) is 6.08 Å². The molecule has 0 aromatic rings. The highest BCUT2D eigenvalue weighted by Gasteiger charge is 2.33. The van der Waals surface area contributed by atoms with Crippen LogP contribution in [0.2, 0.25) is 0 Å². The van der Waals surface area contributed by atoms with Crippen molar-refractivity contribution in [1.29, 1.82) is 0 Å². The number of allylic oxidation sites excluding steroid dienone is 4. The smallest absolute Gasteiger partial charge is 0.0614 e. The zero-order valence-corrected chi connectivity index (χ0v) is 14.5. The maximum absolute atomic E-state index is 8.85. The van der Waals surface area contributed by atoms with Crippen LogP contribution in [0, 0.1) is 11.3 Å². The average Bonchev–Trinajstić information content (AvgIpc) is 2.37. The van der Waals surface area contributed by atoms with Gasteiger partial charge in [0.2, 0.25) is 0 Å². The summed E-state index contributed by atoms with van der Waals surface area (Å²) in [6.45, 7) is 13.6. The highest BCUT2D eigenvalue weighted by Crippen LogP contribution is 2.45. The topological polar surface area (TPSA) is 20.2 Å². The maximum atomic E-state index is 8.85. The van der Waals surface area contributed by atoms with Gasteiger partial charge < -0.3 is 5.11 Å². The molecule has 0 unspecified atom stereocenters. The lowest BCUT2D eigenvalue weighted by Crippen LogP contribution is -2.29. The van der Waals surface area contributed by atoms with Crippen LogP contribution in [-0.2, 0) is 0 Å². The molecule has 0 radical (unpaired) electrons. The van der Waals surface area contributed by atoms with Gasteiger partial charge in [-0.2, -0.15) is 0 Å². The van der Waals surface area contributed by atoms with Crippen molar-refractivity contribution in [1.82, 2.24) is 0 Å². The predicted molar refractivity (Wildman–Crippen MR) is 93.3 cm³/mol. The van der Waals surface area contributed by atoms with Gasteiger partial charge in [0.1, 0.15) is 0 Å². The van der Waals surface area contributed by atoms with Crippen molar-refractivity contribution in [2.75, 3.05) is 6.61 Å². The molecule has 1 N–H and O–H groups in total. The van der Waals surface area contributed by atoms with Gasteiger partial charge in [0.15, 0.2) is 0 Å². The van der Waals surface area contributed by atoms with Crippen LogP contribution in [0.25, 0.3) is 0 Å². The lowest BCUT2D eigenvalue weighted by Gasteiger charge is -2.40. The Labute approximate surface area is 131 Å². The van der Waals surface area contributed by atoms with E-state index in [-0.39, 0.29) is 6.61 Å². The van der Waals surface area contributed by atoms with Crippen LogP contribution in [0.15, 0.2) is 35.5 Å². The van der Waals surface area contributed by atoms with E-state index >= 15 is 0 Å². The molecular formula is C20H34O. The van der Waals surface area contributed by atoms with Gasteiger partial charge in [0.05, 0.1) is 6.61 Å². The van der Waals surface area contributed by atoms with Crippen LogP contribution in [0.4, 0.5) is 0 Å². The van der Waals surface area contributed by atoms with Crippen molar-refractivity contribution in [3.63, 3.8) is 0 Å². The standard InChI is InChI=1S/C20H34O/c1-16(8-6-9-17(2)13-15-21)11-12-19-18(3)10-7-14-20(19,4)5/h8,13,19,21H,3,6-7,9-12,14-15H2,1-2,4-5H3/b16-8+,17-13-/t19-/m1/s1. The molecule has 21 heavy (non-hydrogen) atoms. The molecule has 1 saturated carbocycles. The Balaban J connectivity index is 2.42. The van der Waals surface area contributed by atoms with Crippen molar-refractivity contribution in [3.8, 4) is 0 Å². The maximum Gasteiger partial charge on any atom is 0.0614 e. The van der Waals surface area contributed by atoms with E-state index in [1.165, 1.54) is 48.8 Å². The van der Waals surface area contributed by atoms with Gasteiger partial charge in [0, 0.05) is 0 Å². The molecule has 1 rings (SSSR count). The van der Waals surface area contributed by atoms with Crippen LogP contribution in [-0.4, -0.2) is 11.7 Å². The molecule has 0 spiro atoms. The monoisotopic (exact) mass is 290 g/mol. The molecule has 0 saturated heterocycles. The van der Waals surface area contributed by atoms with Gasteiger partial charge in [-0.15, -0.1) is 0 Å². The molecular weight excluding hydrogens is 256 g/mol. The third-order valence-corrected chi connectivity index (χ3v) is 5.05. The lowest BCUT2D eigenvalue weighted by molar-refractivity contribution is 0.180. The Morgan fingerprint density at radius 1 is 1.24 bits per heavy atom. The Kier molecular flexibility index (Phi) is 7.45. The Bertz CT molecular complexity index is 398. The normalized spacial score (nSPS) is 23.5. The summed E-state index contributed by atoms with van der Waals surface area (Å²) in [6, 6.07) is 0. The molecule has 0 aromatic carbocycles. The van der Waals surface area contributed by atoms with Crippen LogP contribution in [0.1, 0.15) is 72.6 Å². The van der Waals surface area contributed by atoms with Gasteiger partial charge in [0.25, 0.3) is 0 Å². The van der Waals surface area contributed by atoms with E-state index in [0.717, 1.165) is 12.8 Å². The second-order valence-electron chi connectivity index (χ2n) is 7.41. The zero-order valence-electron chi connectivity index (χ0n) is 14.5. The molecule has 1 heteroatoms. The van der Waals surface area contributed by atoms with Crippen molar-refractivity contribution >= 4 is 0 Å². The molecule has 1 aliphatic carbocycles. The van der Waals surface area contributed by atoms with Crippen LogP contribution in [0.5, 0.6) is 0 Å². The summed E-state index contributed by atoms with van der Waals surface area (Å²) < 4.78 is 0. The number of aliphatic hydroxyl groups is 1. The van der Waals surface area contributed by atoms with Crippen molar-refractivity contribution in [3.05, 3.63) is 35.5 Å². The van der Waals surface area contributed by atoms with Crippen molar-refractivity contribution in [2.45, 2.75) is 72.6 Å². The molecule has 1 atom stereocenters. The summed E-state index contributed by atoms with van der Waals surface area (Å²) in [6.07, 6.45) is 12.7. The second kappa shape index (κ2) is 8.58. The highest BCUT2D eigenvalue weighted by molar-refractivity contribution is 5.11. The SMILES string of the molecule is C=C1CCCC(C)(C)[C@@H]1CC/C(C)=C/CC/C(C)=C\CO. The van der Waals surface area contributed by atoms with Crippen LogP contribution in [0.3, 0.4) is 0 Å². The molecule has 0 aliphatic heterocycles. The molecule has 0 bridgehead atoms. The van der Waals surface area contributed by atoms with Gasteiger partial charge in [-0.1, -0.05) is 49.3 Å². The van der Waals surface area contributed by atoms with Crippen LogP contribution < -0.4 is 0 Å². The molecule has 120 valence electrons. The van der Waals surface area contributed by atoms with E-state index in [9.17, 15) is 0 Å². The summed E-state index contributed by atoms with van der Waals surface area (Å²) in [5.41, 5.74) is 4.68. The summed E-state index contributed by atoms with van der Waals surface area (Å²) in [5, 5.41) is 8.85. The minimum Gasteiger partial charge on any atom is -0.392 e. The number of aliphatic hydroxyl groups excluding tert-OH is 1. The summed E-state index contributed by atoms with van der Waals surface area (Å²) in [4.78, 5) is 0. The third kappa shape index (κ3) is 6.22. The van der Waals surface area contributed by atoms with Crippen molar-refractivity contribution in [2.24, 2.45) is 11.3 Å². The van der Waals surface area contributed by atoms with Gasteiger partial charge in [-0.25, -0.2) is 0 Å². The fourth-order valence-electron chi connectivity index (χ4n) is 3.55. The zero-order chi connectivity index (χ0) is 15.9. The molecule has 1 fully saturated rings. The van der Waals surface area contributed by atoms with E-state index in [2.05, 4.69) is 40.3 Å². The lowest BCUT2D eigenvalue weighted by atomic mass is 9.65. The Morgan fingerprint density at radius 2 is 1.90 bits per heavy atom. The predicted octanol–water partition coefficient (Wildman–Crippen LogP) is 5.81. The fraction of sp³-hybridized carbons (Fsp3) is 0.700. The minimum atomic E-state index is 0.160. The molecule has 1 nitrogen and oxygen atoms in total. The number of rotatable bonds is 7. The van der Waals surface area contributed by atoms with Gasteiger partial charge >= 0.3 is 0 Å². The molecule has 0 aromatic heterocycles. The molecule has 1 aliphatic rings. The first-order valence-electron chi connectivity index (χ1n) is 8.46. The minimum absolute atomic E-state index is 0.160. The average molecular weight is 290 g/mol. The highest BCUT2D eigenvalue weighted by atomic mass is 16.2. The van der Waals surface area contributed by atoms with Gasteiger partial charge in [-0.05, 0) is 70.1 Å². The summed E-state index contributed by atoms with van der Waals surface area (Å²) >= 11 is 0. The Morgan fingerprint density at radius 3 is 2.52 bits per heavy atom. The third-order valence-electron chi connectivity index (χ3n) is 5.05. The quantitative estimate of drug-likeness (QED) is 0.586. The largest absolute Gasteiger partial charge is 0.392 e. The van der Waals surface area contributed by atoms with Crippen LogP contribution >= 0.6 is 0 Å². The fourth-order valence-corrected chi connectivity index (χ4v) is 3.55. The first-order chi connectivity index (χ1) is 9.86. The van der Waals surface area contributed by atoms with Crippen molar-refractivity contribution < 1.29 is 5.11 Å². The summed E-state index contributed by atoms with van der Waals surface area (Å²) in [7, 11) is 0. The van der Waals surface area contributed by atoms with E-state index in [1.54, 1.807) is 0 Å². The number of hydrogen-bond acceptors (Lipinski definition) is 1. The van der Waals surface area contributed by atoms with E-state index in [4.69, 9.17) is 5.11 Å². The first kappa shape index (κ1) is 18.2. The molecule has 0 heterocycles.